The van der Waals surface area contributed by atoms with E-state index in [2.05, 4.69) is 21.8 Å². The minimum Gasteiger partial charge on any atom is -0.378 e. The van der Waals surface area contributed by atoms with Crippen LogP contribution in [0.5, 0.6) is 0 Å². The molecule has 0 aliphatic carbocycles. The van der Waals surface area contributed by atoms with Crippen molar-refractivity contribution in [3.8, 4) is 0 Å². The number of aromatic amines is 1. The fraction of sp³-hybridized carbons (Fsp3) is 0.750. The third kappa shape index (κ3) is 3.33. The van der Waals surface area contributed by atoms with Gasteiger partial charge >= 0.3 is 0 Å². The molecule has 2 aliphatic rings. The molecular weight excluding hydrogens is 280 g/mol. The van der Waals surface area contributed by atoms with Gasteiger partial charge in [0.15, 0.2) is 0 Å². The van der Waals surface area contributed by atoms with Crippen LogP contribution in [-0.4, -0.2) is 65.1 Å². The van der Waals surface area contributed by atoms with Crippen molar-refractivity contribution in [2.45, 2.75) is 38.8 Å². The van der Waals surface area contributed by atoms with Crippen LogP contribution in [0, 0.1) is 5.92 Å². The number of rotatable bonds is 5. The number of amides is 1. The Balaban J connectivity index is 1.65. The van der Waals surface area contributed by atoms with Gasteiger partial charge in [0.1, 0.15) is 5.82 Å². The molecule has 2 aliphatic heterocycles. The number of ether oxygens (including phenoxy) is 1. The Hall–Kier alpha value is -1.40. The topological polar surface area (TPSA) is 61.5 Å². The second-order valence-corrected chi connectivity index (χ2v) is 6.49. The monoisotopic (exact) mass is 306 g/mol. The van der Waals surface area contributed by atoms with Crippen LogP contribution < -0.4 is 0 Å². The van der Waals surface area contributed by atoms with E-state index in [4.69, 9.17) is 4.74 Å². The summed E-state index contributed by atoms with van der Waals surface area (Å²) in [5.74, 6) is 1.25. The average Bonchev–Trinajstić information content (AvgIpc) is 2.84. The maximum absolute atomic E-state index is 12.3. The highest BCUT2D eigenvalue weighted by molar-refractivity contribution is 5.79. The molecule has 22 heavy (non-hydrogen) atoms. The molecule has 2 fully saturated rings. The van der Waals surface area contributed by atoms with Gasteiger partial charge in [-0.1, -0.05) is 13.3 Å². The Morgan fingerprint density at radius 3 is 3.09 bits per heavy atom. The molecule has 1 aromatic rings. The third-order valence-electron chi connectivity index (χ3n) is 4.66. The second-order valence-electron chi connectivity index (χ2n) is 6.49. The number of hydrogen-bond acceptors (Lipinski definition) is 4. The van der Waals surface area contributed by atoms with Gasteiger partial charge in [-0.3, -0.25) is 9.69 Å². The fourth-order valence-electron chi connectivity index (χ4n) is 3.31. The van der Waals surface area contributed by atoms with E-state index in [9.17, 15) is 4.79 Å². The molecule has 1 aromatic heterocycles. The molecule has 122 valence electrons. The van der Waals surface area contributed by atoms with Crippen LogP contribution in [0.2, 0.25) is 0 Å². The lowest BCUT2D eigenvalue weighted by atomic mass is 10.1. The Morgan fingerprint density at radius 2 is 2.27 bits per heavy atom. The lowest BCUT2D eigenvalue weighted by molar-refractivity contribution is -0.133. The van der Waals surface area contributed by atoms with Gasteiger partial charge in [-0.05, 0) is 6.42 Å². The SMILES string of the molecule is CCCCc1ncc(CN2C[C@@H]3COC[C@H](C2)N(C)C3=O)[nH]1. The highest BCUT2D eigenvalue weighted by atomic mass is 16.5. The van der Waals surface area contributed by atoms with Crippen LogP contribution in [0.4, 0.5) is 0 Å². The number of imidazole rings is 1. The molecule has 0 unspecified atom stereocenters. The highest BCUT2D eigenvalue weighted by Crippen LogP contribution is 2.20. The van der Waals surface area contributed by atoms with Crippen LogP contribution in [0.15, 0.2) is 6.20 Å². The summed E-state index contributed by atoms with van der Waals surface area (Å²) >= 11 is 0. The van der Waals surface area contributed by atoms with Gasteiger partial charge in [0.05, 0.1) is 25.2 Å². The molecule has 3 heterocycles. The van der Waals surface area contributed by atoms with Gasteiger partial charge in [0.25, 0.3) is 0 Å². The van der Waals surface area contributed by atoms with Crippen LogP contribution >= 0.6 is 0 Å². The molecule has 0 spiro atoms. The van der Waals surface area contributed by atoms with Crippen molar-refractivity contribution < 1.29 is 9.53 Å². The molecule has 1 amide bonds. The maximum atomic E-state index is 12.3. The van der Waals surface area contributed by atoms with Crippen molar-refractivity contribution in [1.82, 2.24) is 19.8 Å². The van der Waals surface area contributed by atoms with Crippen LogP contribution in [0.3, 0.4) is 0 Å². The molecule has 2 bridgehead atoms. The summed E-state index contributed by atoms with van der Waals surface area (Å²) in [6, 6.07) is 0.155. The zero-order valence-corrected chi connectivity index (χ0v) is 13.5. The summed E-state index contributed by atoms with van der Waals surface area (Å²) in [5.41, 5.74) is 1.14. The standard InChI is InChI=1S/C16H26N4O2/c1-3-4-5-15-17-6-13(18-15)8-20-7-12-10-22-11-14(9-20)19(2)16(12)21/h6,12,14H,3-5,7-11H2,1-2H3,(H,17,18)/t12-,14+/m1/s1. The van der Waals surface area contributed by atoms with Gasteiger partial charge in [-0.15, -0.1) is 0 Å². The normalized spacial score (nSPS) is 26.3. The van der Waals surface area contributed by atoms with Gasteiger partial charge in [-0.2, -0.15) is 0 Å². The predicted molar refractivity (Wildman–Crippen MR) is 83.3 cm³/mol. The largest absolute Gasteiger partial charge is 0.378 e. The number of hydrogen-bond donors (Lipinski definition) is 1. The molecule has 6 nitrogen and oxygen atoms in total. The van der Waals surface area contributed by atoms with E-state index in [0.29, 0.717) is 13.2 Å². The van der Waals surface area contributed by atoms with Gasteiger partial charge in [0.2, 0.25) is 5.91 Å². The minimum atomic E-state index is -0.0417. The second kappa shape index (κ2) is 6.79. The van der Waals surface area contributed by atoms with Crippen molar-refractivity contribution in [1.29, 1.82) is 0 Å². The number of carbonyl (C=O) groups excluding carboxylic acids is 1. The molecule has 0 aromatic carbocycles. The Bertz CT molecular complexity index is 516. The van der Waals surface area contributed by atoms with E-state index in [0.717, 1.165) is 44.0 Å². The number of aromatic nitrogens is 2. The average molecular weight is 306 g/mol. The number of carbonyl (C=O) groups is 1. The minimum absolute atomic E-state index is 0.0417. The first-order valence-corrected chi connectivity index (χ1v) is 8.27. The predicted octanol–water partition coefficient (Wildman–Crippen LogP) is 1.04. The molecular formula is C16H26N4O2. The molecule has 0 radical (unpaired) electrons. The van der Waals surface area contributed by atoms with Crippen molar-refractivity contribution in [3.05, 3.63) is 17.7 Å². The number of unbranched alkanes of at least 4 members (excludes halogenated alkanes) is 1. The summed E-state index contributed by atoms with van der Waals surface area (Å²) < 4.78 is 5.64. The Morgan fingerprint density at radius 1 is 1.41 bits per heavy atom. The molecule has 1 N–H and O–H groups in total. The lowest BCUT2D eigenvalue weighted by Crippen LogP contribution is -2.42. The third-order valence-corrected chi connectivity index (χ3v) is 4.66. The fourth-order valence-corrected chi connectivity index (χ4v) is 3.31. The summed E-state index contributed by atoms with van der Waals surface area (Å²) in [6.07, 6.45) is 5.29. The Kier molecular flexibility index (Phi) is 4.78. The molecule has 0 saturated carbocycles. The smallest absolute Gasteiger partial charge is 0.229 e. The number of fused-ring (bicyclic) bond motifs is 3. The van der Waals surface area contributed by atoms with Crippen LogP contribution in [0.1, 0.15) is 31.3 Å². The van der Waals surface area contributed by atoms with E-state index >= 15 is 0 Å². The first-order chi connectivity index (χ1) is 10.7. The van der Waals surface area contributed by atoms with E-state index in [-0.39, 0.29) is 17.9 Å². The van der Waals surface area contributed by atoms with Crippen molar-refractivity contribution >= 4 is 5.91 Å². The summed E-state index contributed by atoms with van der Waals surface area (Å²) in [7, 11) is 1.90. The number of nitrogens with one attached hydrogen (secondary N) is 1. The van der Waals surface area contributed by atoms with Crippen molar-refractivity contribution in [2.24, 2.45) is 5.92 Å². The molecule has 3 rings (SSSR count). The molecule has 6 heteroatoms. The van der Waals surface area contributed by atoms with Crippen molar-refractivity contribution in [2.75, 3.05) is 33.4 Å². The summed E-state index contributed by atoms with van der Waals surface area (Å²) in [4.78, 5) is 24.5. The van der Waals surface area contributed by atoms with E-state index in [1.807, 2.05) is 18.1 Å². The van der Waals surface area contributed by atoms with Gasteiger partial charge in [-0.25, -0.2) is 4.98 Å². The van der Waals surface area contributed by atoms with E-state index in [1.54, 1.807) is 0 Å². The molecule has 2 atom stereocenters. The van der Waals surface area contributed by atoms with E-state index < -0.39 is 0 Å². The number of aryl methyl sites for hydroxylation is 1. The number of H-pyrrole nitrogens is 1. The summed E-state index contributed by atoms with van der Waals surface area (Å²) in [5, 5.41) is 0. The summed E-state index contributed by atoms with van der Waals surface area (Å²) in [6.45, 7) is 5.83. The lowest BCUT2D eigenvalue weighted by Gasteiger charge is -2.28. The van der Waals surface area contributed by atoms with Crippen molar-refractivity contribution in [3.63, 3.8) is 0 Å². The maximum Gasteiger partial charge on any atom is 0.229 e. The Labute approximate surface area is 131 Å². The number of likely N-dealkylation sites (N-methyl/N-ethyl adjacent to an activating group) is 1. The van der Waals surface area contributed by atoms with Gasteiger partial charge < -0.3 is 14.6 Å². The highest BCUT2D eigenvalue weighted by Gasteiger charge is 2.37. The van der Waals surface area contributed by atoms with Crippen LogP contribution in [0.25, 0.3) is 0 Å². The zero-order valence-electron chi connectivity index (χ0n) is 13.5. The quantitative estimate of drug-likeness (QED) is 0.883. The van der Waals surface area contributed by atoms with Gasteiger partial charge in [0, 0.05) is 45.0 Å². The first-order valence-electron chi connectivity index (χ1n) is 8.27. The van der Waals surface area contributed by atoms with Crippen LogP contribution in [-0.2, 0) is 22.5 Å². The van der Waals surface area contributed by atoms with E-state index in [1.165, 1.54) is 6.42 Å². The zero-order chi connectivity index (χ0) is 15.5. The number of nitrogens with zero attached hydrogens (tertiary/aromatic N) is 3. The molecule has 2 saturated heterocycles. The first kappa shape index (κ1) is 15.5.